The van der Waals surface area contributed by atoms with Crippen molar-refractivity contribution in [2.24, 2.45) is 5.73 Å². The molecule has 0 saturated carbocycles. The highest BCUT2D eigenvalue weighted by atomic mass is 32.2. The zero-order valence-electron chi connectivity index (χ0n) is 18.6. The molecular formula is C20H23F3N8O3S. The highest BCUT2D eigenvalue weighted by Crippen LogP contribution is 2.34. The SMILES string of the molecule is CN(c1ncccc1CNc1nc(Nc2cccc(C(=N)N)c2)ncc1C(F)(F)F)S(C)(=O)=O.O. The molecule has 0 unspecified atom stereocenters. The van der Waals surface area contributed by atoms with Gasteiger partial charge < -0.3 is 21.8 Å². The molecule has 2 aromatic heterocycles. The quantitative estimate of drug-likeness (QED) is 0.261. The first-order valence-electron chi connectivity index (χ1n) is 9.63. The smallest absolute Gasteiger partial charge is 0.412 e. The third-order valence-corrected chi connectivity index (χ3v) is 5.80. The second-order valence-electron chi connectivity index (χ2n) is 7.14. The second-order valence-corrected chi connectivity index (χ2v) is 9.16. The molecule has 0 aliphatic rings. The summed E-state index contributed by atoms with van der Waals surface area (Å²) in [5.74, 6) is -0.745. The molecule has 0 atom stereocenters. The number of anilines is 4. The van der Waals surface area contributed by atoms with Crippen molar-refractivity contribution in [3.8, 4) is 0 Å². The van der Waals surface area contributed by atoms with Gasteiger partial charge in [0.25, 0.3) is 0 Å². The Kier molecular flexibility index (Phi) is 8.20. The fourth-order valence-electron chi connectivity index (χ4n) is 2.87. The number of nitrogens with one attached hydrogen (secondary N) is 3. The van der Waals surface area contributed by atoms with Crippen molar-refractivity contribution in [2.45, 2.75) is 12.7 Å². The van der Waals surface area contributed by atoms with Gasteiger partial charge in [-0.05, 0) is 18.2 Å². The second kappa shape index (κ2) is 10.5. The van der Waals surface area contributed by atoms with Gasteiger partial charge in [-0.1, -0.05) is 18.2 Å². The number of halogens is 3. The predicted molar refractivity (Wildman–Crippen MR) is 126 cm³/mol. The first kappa shape index (κ1) is 27.3. The molecule has 0 spiro atoms. The maximum atomic E-state index is 13.6. The summed E-state index contributed by atoms with van der Waals surface area (Å²) in [7, 11) is -2.34. The average molecular weight is 513 g/mol. The summed E-state index contributed by atoms with van der Waals surface area (Å²) in [6, 6.07) is 9.44. The minimum atomic E-state index is -4.74. The van der Waals surface area contributed by atoms with Crippen LogP contribution in [0.15, 0.2) is 48.8 Å². The van der Waals surface area contributed by atoms with Crippen molar-refractivity contribution in [1.82, 2.24) is 15.0 Å². The van der Waals surface area contributed by atoms with Crippen molar-refractivity contribution in [3.63, 3.8) is 0 Å². The standard InChI is InChI=1S/C20H21F3N8O2S.H2O/c1-31(34(2,32)33)18-13(6-4-8-26-18)10-27-17-15(20(21,22)23)11-28-19(30-17)29-14-7-3-5-12(9-14)16(24)25;/h3-9,11H,10H2,1-2H3,(H3,24,25)(H2,27,28,29,30);1H2. The molecule has 0 aliphatic carbocycles. The summed E-state index contributed by atoms with van der Waals surface area (Å²) in [6.07, 6.45) is -1.73. The van der Waals surface area contributed by atoms with Crippen LogP contribution in [0.2, 0.25) is 0 Å². The van der Waals surface area contributed by atoms with E-state index < -0.39 is 27.6 Å². The minimum absolute atomic E-state index is 0. The van der Waals surface area contributed by atoms with Crippen LogP contribution in [0, 0.1) is 5.41 Å². The van der Waals surface area contributed by atoms with Gasteiger partial charge in [0.05, 0.1) is 6.26 Å². The molecule has 11 nitrogen and oxygen atoms in total. The summed E-state index contributed by atoms with van der Waals surface area (Å²) in [5.41, 5.74) is 5.54. The van der Waals surface area contributed by atoms with Crippen molar-refractivity contribution in [3.05, 3.63) is 65.5 Å². The fraction of sp³-hybridized carbons (Fsp3) is 0.200. The van der Waals surface area contributed by atoms with E-state index in [0.717, 1.165) is 10.6 Å². The lowest BCUT2D eigenvalue weighted by atomic mass is 10.2. The van der Waals surface area contributed by atoms with Crippen LogP contribution in [-0.4, -0.2) is 48.0 Å². The van der Waals surface area contributed by atoms with E-state index in [9.17, 15) is 21.6 Å². The molecule has 3 aromatic rings. The Morgan fingerprint density at radius 1 is 1.20 bits per heavy atom. The number of pyridine rings is 1. The Hall–Kier alpha value is -3.98. The van der Waals surface area contributed by atoms with Gasteiger partial charge in [-0.3, -0.25) is 9.71 Å². The average Bonchev–Trinajstić information content (AvgIpc) is 2.76. The molecule has 0 amide bonds. The largest absolute Gasteiger partial charge is 0.421 e. The first-order valence-corrected chi connectivity index (χ1v) is 11.5. The molecule has 35 heavy (non-hydrogen) atoms. The molecule has 7 N–H and O–H groups in total. The number of alkyl halides is 3. The monoisotopic (exact) mass is 512 g/mol. The van der Waals surface area contributed by atoms with E-state index in [4.69, 9.17) is 11.1 Å². The Bertz CT molecular complexity index is 1320. The third kappa shape index (κ3) is 6.77. The minimum Gasteiger partial charge on any atom is -0.412 e. The molecule has 0 saturated heterocycles. The predicted octanol–water partition coefficient (Wildman–Crippen LogP) is 2.10. The van der Waals surface area contributed by atoms with Crippen LogP contribution in [0.4, 0.5) is 36.4 Å². The van der Waals surface area contributed by atoms with Gasteiger partial charge in [0.15, 0.2) is 0 Å². The summed E-state index contributed by atoms with van der Waals surface area (Å²) >= 11 is 0. The van der Waals surface area contributed by atoms with E-state index in [2.05, 4.69) is 25.6 Å². The van der Waals surface area contributed by atoms with Crippen molar-refractivity contribution in [1.29, 1.82) is 5.41 Å². The highest BCUT2D eigenvalue weighted by Gasteiger charge is 2.35. The molecule has 1 aromatic carbocycles. The van der Waals surface area contributed by atoms with Gasteiger partial charge in [-0.2, -0.15) is 18.2 Å². The molecule has 0 bridgehead atoms. The number of nitrogens with two attached hydrogens (primary N) is 1. The Labute approximate surface area is 199 Å². The van der Waals surface area contributed by atoms with Crippen molar-refractivity contribution >= 4 is 39.1 Å². The highest BCUT2D eigenvalue weighted by molar-refractivity contribution is 7.92. The first-order chi connectivity index (χ1) is 15.9. The zero-order valence-corrected chi connectivity index (χ0v) is 19.4. The lowest BCUT2D eigenvalue weighted by Gasteiger charge is -2.20. The van der Waals surface area contributed by atoms with E-state index in [0.29, 0.717) is 23.0 Å². The maximum Gasteiger partial charge on any atom is 0.421 e. The molecule has 188 valence electrons. The number of aromatic nitrogens is 3. The topological polar surface area (TPSA) is 181 Å². The summed E-state index contributed by atoms with van der Waals surface area (Å²) in [6.45, 7) is -0.192. The van der Waals surface area contributed by atoms with Crippen molar-refractivity contribution < 1.29 is 27.1 Å². The molecule has 0 aliphatic heterocycles. The lowest BCUT2D eigenvalue weighted by molar-refractivity contribution is -0.137. The van der Waals surface area contributed by atoms with Gasteiger partial charge in [0, 0.05) is 42.8 Å². The Morgan fingerprint density at radius 2 is 1.91 bits per heavy atom. The van der Waals surface area contributed by atoms with E-state index in [-0.39, 0.29) is 29.6 Å². The van der Waals surface area contributed by atoms with Crippen LogP contribution in [0.5, 0.6) is 0 Å². The van der Waals surface area contributed by atoms with Gasteiger partial charge in [-0.25, -0.2) is 18.4 Å². The fourth-order valence-corrected chi connectivity index (χ4v) is 3.34. The van der Waals surface area contributed by atoms with Crippen molar-refractivity contribution in [2.75, 3.05) is 28.2 Å². The van der Waals surface area contributed by atoms with Crippen LogP contribution in [-0.2, 0) is 22.7 Å². The molecule has 0 fully saturated rings. The van der Waals surface area contributed by atoms with Gasteiger partial charge in [0.2, 0.25) is 16.0 Å². The number of nitrogens with zero attached hydrogens (tertiary/aromatic N) is 4. The molecule has 0 radical (unpaired) electrons. The van der Waals surface area contributed by atoms with Gasteiger partial charge in [-0.15, -0.1) is 0 Å². The number of hydrogen-bond acceptors (Lipinski definition) is 8. The van der Waals surface area contributed by atoms with Gasteiger partial charge in [0.1, 0.15) is 23.0 Å². The number of nitrogen functional groups attached to an aromatic ring is 1. The van der Waals surface area contributed by atoms with Crippen LogP contribution in [0.3, 0.4) is 0 Å². The molecular weight excluding hydrogens is 489 g/mol. The Morgan fingerprint density at radius 3 is 2.54 bits per heavy atom. The summed E-state index contributed by atoms with van der Waals surface area (Å²) in [5, 5.41) is 12.9. The molecule has 15 heteroatoms. The third-order valence-electron chi connectivity index (χ3n) is 4.63. The van der Waals surface area contributed by atoms with Gasteiger partial charge >= 0.3 is 6.18 Å². The Balaban J connectivity index is 0.00000432. The van der Waals surface area contributed by atoms with E-state index in [1.807, 2.05) is 0 Å². The van der Waals surface area contributed by atoms with E-state index >= 15 is 0 Å². The number of hydrogen-bond donors (Lipinski definition) is 4. The maximum absolute atomic E-state index is 13.6. The molecule has 2 heterocycles. The normalized spacial score (nSPS) is 11.3. The summed E-state index contributed by atoms with van der Waals surface area (Å²) < 4.78 is 65.4. The zero-order chi connectivity index (χ0) is 25.1. The van der Waals surface area contributed by atoms with Crippen LogP contribution in [0.1, 0.15) is 16.7 Å². The van der Waals surface area contributed by atoms with E-state index in [1.165, 1.54) is 31.4 Å². The summed E-state index contributed by atoms with van der Waals surface area (Å²) in [4.78, 5) is 11.7. The number of amidine groups is 1. The van der Waals surface area contributed by atoms with Crippen LogP contribution < -0.4 is 20.7 Å². The number of benzene rings is 1. The number of rotatable bonds is 8. The lowest BCUT2D eigenvalue weighted by Crippen LogP contribution is -2.27. The van der Waals surface area contributed by atoms with E-state index in [1.54, 1.807) is 18.2 Å². The number of sulfonamides is 1. The van der Waals surface area contributed by atoms with Crippen LogP contribution >= 0.6 is 0 Å². The molecule has 3 rings (SSSR count). The van der Waals surface area contributed by atoms with Crippen LogP contribution in [0.25, 0.3) is 0 Å².